The summed E-state index contributed by atoms with van der Waals surface area (Å²) >= 11 is 7.68. The highest BCUT2D eigenvalue weighted by Crippen LogP contribution is 2.23. The topological polar surface area (TPSA) is 83.2 Å². The molecule has 1 aromatic carbocycles. The Kier molecular flexibility index (Phi) is 6.25. The number of anilines is 3. The van der Waals surface area contributed by atoms with Crippen molar-refractivity contribution in [3.63, 3.8) is 0 Å². The molecule has 1 aliphatic rings. The molecule has 0 unspecified atom stereocenters. The lowest BCUT2D eigenvalue weighted by atomic mass is 10.2. The SMILES string of the molecule is Cc1ccc(Nc2nc(N)nc(CN3CCN(Cc4ccc(Cl)s4)CC3)n2)cc1. The van der Waals surface area contributed by atoms with Crippen LogP contribution in [0.1, 0.15) is 16.3 Å². The number of aromatic nitrogens is 3. The van der Waals surface area contributed by atoms with E-state index in [2.05, 4.69) is 43.1 Å². The Morgan fingerprint density at radius 1 is 0.966 bits per heavy atom. The number of nitrogen functional groups attached to an aromatic ring is 1. The van der Waals surface area contributed by atoms with E-state index < -0.39 is 0 Å². The van der Waals surface area contributed by atoms with E-state index in [1.807, 2.05) is 30.3 Å². The summed E-state index contributed by atoms with van der Waals surface area (Å²) in [6, 6.07) is 12.1. The Balaban J connectivity index is 1.33. The van der Waals surface area contributed by atoms with Gasteiger partial charge in [0.2, 0.25) is 11.9 Å². The van der Waals surface area contributed by atoms with Gasteiger partial charge in [-0.2, -0.15) is 15.0 Å². The second-order valence-electron chi connectivity index (χ2n) is 7.18. The number of halogens is 1. The first kappa shape index (κ1) is 20.0. The van der Waals surface area contributed by atoms with Crippen molar-refractivity contribution in [1.29, 1.82) is 0 Å². The Morgan fingerprint density at radius 2 is 1.66 bits per heavy atom. The Hall–Kier alpha value is -2.26. The van der Waals surface area contributed by atoms with Crippen molar-refractivity contribution in [2.24, 2.45) is 0 Å². The third-order valence-electron chi connectivity index (χ3n) is 4.84. The highest BCUT2D eigenvalue weighted by Gasteiger charge is 2.19. The van der Waals surface area contributed by atoms with Gasteiger partial charge in [-0.25, -0.2) is 0 Å². The summed E-state index contributed by atoms with van der Waals surface area (Å²) in [4.78, 5) is 19.2. The van der Waals surface area contributed by atoms with Gasteiger partial charge in [0, 0.05) is 43.3 Å². The highest BCUT2D eigenvalue weighted by molar-refractivity contribution is 7.16. The van der Waals surface area contributed by atoms with Crippen LogP contribution in [0.2, 0.25) is 4.34 Å². The van der Waals surface area contributed by atoms with E-state index in [0.717, 1.165) is 42.7 Å². The number of piperazine rings is 1. The van der Waals surface area contributed by atoms with Crippen molar-refractivity contribution in [2.45, 2.75) is 20.0 Å². The van der Waals surface area contributed by atoms with E-state index in [1.54, 1.807) is 11.3 Å². The molecule has 0 atom stereocenters. The van der Waals surface area contributed by atoms with Crippen molar-refractivity contribution in [2.75, 3.05) is 37.2 Å². The highest BCUT2D eigenvalue weighted by atomic mass is 35.5. The molecule has 3 N–H and O–H groups in total. The summed E-state index contributed by atoms with van der Waals surface area (Å²) in [6.45, 7) is 7.60. The number of nitrogens with one attached hydrogen (secondary N) is 1. The van der Waals surface area contributed by atoms with E-state index in [-0.39, 0.29) is 5.95 Å². The standard InChI is InChI=1S/C20H24ClN7S/c1-14-2-4-15(5-3-14)23-20-25-18(24-19(22)26-20)13-28-10-8-27(9-11-28)12-16-6-7-17(21)29-16/h2-7H,8-13H2,1H3,(H3,22,23,24,25,26). The number of aryl methyl sites for hydroxylation is 1. The zero-order chi connectivity index (χ0) is 20.2. The summed E-state index contributed by atoms with van der Waals surface area (Å²) in [6.07, 6.45) is 0. The maximum atomic E-state index is 6.03. The van der Waals surface area contributed by atoms with Crippen molar-refractivity contribution in [3.8, 4) is 0 Å². The molecule has 7 nitrogen and oxygen atoms in total. The average Bonchev–Trinajstić information content (AvgIpc) is 3.09. The minimum absolute atomic E-state index is 0.234. The maximum Gasteiger partial charge on any atom is 0.232 e. The summed E-state index contributed by atoms with van der Waals surface area (Å²) in [5.74, 6) is 1.40. The molecule has 3 heterocycles. The second kappa shape index (κ2) is 9.04. The predicted octanol–water partition coefficient (Wildman–Crippen LogP) is 3.54. The largest absolute Gasteiger partial charge is 0.368 e. The normalized spacial score (nSPS) is 15.5. The van der Waals surface area contributed by atoms with Crippen LogP contribution in [0.15, 0.2) is 36.4 Å². The van der Waals surface area contributed by atoms with Crippen LogP contribution in [0, 0.1) is 6.92 Å². The molecule has 29 heavy (non-hydrogen) atoms. The molecule has 4 rings (SSSR count). The summed E-state index contributed by atoms with van der Waals surface area (Å²) in [7, 11) is 0. The molecule has 0 spiro atoms. The lowest BCUT2D eigenvalue weighted by Gasteiger charge is -2.34. The molecule has 1 saturated heterocycles. The molecule has 0 bridgehead atoms. The van der Waals surface area contributed by atoms with Gasteiger partial charge in [-0.3, -0.25) is 9.80 Å². The smallest absolute Gasteiger partial charge is 0.232 e. The van der Waals surface area contributed by atoms with Crippen LogP contribution in [-0.2, 0) is 13.1 Å². The average molecular weight is 430 g/mol. The number of benzene rings is 1. The number of nitrogens with zero attached hydrogens (tertiary/aromatic N) is 5. The van der Waals surface area contributed by atoms with E-state index in [1.165, 1.54) is 10.4 Å². The van der Waals surface area contributed by atoms with Crippen molar-refractivity contribution in [3.05, 3.63) is 57.0 Å². The van der Waals surface area contributed by atoms with Gasteiger partial charge in [0.05, 0.1) is 10.9 Å². The molecule has 0 saturated carbocycles. The molecule has 152 valence electrons. The molecule has 0 amide bonds. The Labute approximate surface area is 179 Å². The minimum atomic E-state index is 0.234. The summed E-state index contributed by atoms with van der Waals surface area (Å²) in [5, 5.41) is 3.21. The minimum Gasteiger partial charge on any atom is -0.368 e. The number of nitrogens with two attached hydrogens (primary N) is 1. The van der Waals surface area contributed by atoms with Crippen molar-refractivity contribution >= 4 is 40.5 Å². The van der Waals surface area contributed by atoms with E-state index in [4.69, 9.17) is 17.3 Å². The number of hydrogen-bond acceptors (Lipinski definition) is 8. The van der Waals surface area contributed by atoms with Gasteiger partial charge < -0.3 is 11.1 Å². The fraction of sp³-hybridized carbons (Fsp3) is 0.350. The van der Waals surface area contributed by atoms with Crippen LogP contribution in [-0.4, -0.2) is 50.9 Å². The molecule has 2 aromatic heterocycles. The predicted molar refractivity (Wildman–Crippen MR) is 119 cm³/mol. The van der Waals surface area contributed by atoms with Crippen LogP contribution in [0.25, 0.3) is 0 Å². The van der Waals surface area contributed by atoms with Gasteiger partial charge in [0.15, 0.2) is 0 Å². The molecule has 1 fully saturated rings. The fourth-order valence-corrected chi connectivity index (χ4v) is 4.42. The molecule has 3 aromatic rings. The van der Waals surface area contributed by atoms with Crippen LogP contribution in [0.4, 0.5) is 17.6 Å². The fourth-order valence-electron chi connectivity index (χ4n) is 3.29. The zero-order valence-corrected chi connectivity index (χ0v) is 17.9. The van der Waals surface area contributed by atoms with Crippen LogP contribution >= 0.6 is 22.9 Å². The van der Waals surface area contributed by atoms with Crippen LogP contribution in [0.5, 0.6) is 0 Å². The van der Waals surface area contributed by atoms with Gasteiger partial charge in [0.25, 0.3) is 0 Å². The van der Waals surface area contributed by atoms with E-state index in [9.17, 15) is 0 Å². The number of rotatable bonds is 6. The van der Waals surface area contributed by atoms with Crippen LogP contribution in [0.3, 0.4) is 0 Å². The maximum absolute atomic E-state index is 6.03. The van der Waals surface area contributed by atoms with Crippen molar-refractivity contribution < 1.29 is 0 Å². The molecule has 1 aliphatic heterocycles. The summed E-state index contributed by atoms with van der Waals surface area (Å²) < 4.78 is 0.848. The quantitative estimate of drug-likeness (QED) is 0.620. The second-order valence-corrected chi connectivity index (χ2v) is 8.98. The molecule has 9 heteroatoms. The first-order chi connectivity index (χ1) is 14.0. The number of hydrogen-bond donors (Lipinski definition) is 2. The summed E-state index contributed by atoms with van der Waals surface area (Å²) in [5.41, 5.74) is 8.04. The number of thiophene rings is 1. The third-order valence-corrected chi connectivity index (χ3v) is 6.06. The lowest BCUT2D eigenvalue weighted by Crippen LogP contribution is -2.45. The first-order valence-corrected chi connectivity index (χ1v) is 10.8. The first-order valence-electron chi connectivity index (χ1n) is 9.56. The van der Waals surface area contributed by atoms with Crippen LogP contribution < -0.4 is 11.1 Å². The van der Waals surface area contributed by atoms with Gasteiger partial charge in [-0.05, 0) is 31.2 Å². The van der Waals surface area contributed by atoms with Gasteiger partial charge >= 0.3 is 0 Å². The zero-order valence-electron chi connectivity index (χ0n) is 16.3. The lowest BCUT2D eigenvalue weighted by molar-refractivity contribution is 0.120. The third kappa shape index (κ3) is 5.63. The Morgan fingerprint density at radius 3 is 2.31 bits per heavy atom. The monoisotopic (exact) mass is 429 g/mol. The van der Waals surface area contributed by atoms with Gasteiger partial charge in [0.1, 0.15) is 5.82 Å². The van der Waals surface area contributed by atoms with E-state index >= 15 is 0 Å². The molecular formula is C20H24ClN7S. The Bertz CT molecular complexity index is 952. The van der Waals surface area contributed by atoms with E-state index in [0.29, 0.717) is 18.3 Å². The molecule has 0 radical (unpaired) electrons. The van der Waals surface area contributed by atoms with Crippen molar-refractivity contribution in [1.82, 2.24) is 24.8 Å². The van der Waals surface area contributed by atoms with Gasteiger partial charge in [-0.15, -0.1) is 11.3 Å². The molecule has 0 aliphatic carbocycles. The molecular weight excluding hydrogens is 406 g/mol. The van der Waals surface area contributed by atoms with Gasteiger partial charge in [-0.1, -0.05) is 29.3 Å².